The van der Waals surface area contributed by atoms with E-state index < -0.39 is 21.8 Å². The Labute approximate surface area is 160 Å². The first-order chi connectivity index (χ1) is 12.8. The highest BCUT2D eigenvalue weighted by molar-refractivity contribution is 7.94. The van der Waals surface area contributed by atoms with Gasteiger partial charge in [-0.25, -0.2) is 12.7 Å². The minimum absolute atomic E-state index is 0.199. The molecule has 7 nitrogen and oxygen atoms in total. The van der Waals surface area contributed by atoms with Crippen molar-refractivity contribution in [2.45, 2.75) is 39.2 Å². The average Bonchev–Trinajstić information content (AvgIpc) is 2.87. The van der Waals surface area contributed by atoms with Gasteiger partial charge in [0, 0.05) is 18.2 Å². The Hall–Kier alpha value is -1.93. The molecule has 1 aromatic rings. The second kappa shape index (κ2) is 7.98. The first-order valence-corrected chi connectivity index (χ1v) is 11.1. The van der Waals surface area contributed by atoms with Gasteiger partial charge in [-0.1, -0.05) is 19.4 Å². The SMILES string of the molecule is CC1CS(=O)(=O)N(c2cccc(C(=O)NCC(C)N3CCCCC3)c2)C1=O. The predicted octanol–water partition coefficient (Wildman–Crippen LogP) is 1.60. The fourth-order valence-electron chi connectivity index (χ4n) is 3.69. The van der Waals surface area contributed by atoms with Crippen molar-refractivity contribution in [1.82, 2.24) is 10.2 Å². The summed E-state index contributed by atoms with van der Waals surface area (Å²) in [5.74, 6) is -1.49. The minimum Gasteiger partial charge on any atom is -0.350 e. The molecule has 2 aliphatic heterocycles. The largest absolute Gasteiger partial charge is 0.350 e. The van der Waals surface area contributed by atoms with Crippen LogP contribution in [0.25, 0.3) is 0 Å². The number of carbonyl (C=O) groups excluding carboxylic acids is 2. The van der Waals surface area contributed by atoms with Crippen molar-refractivity contribution in [1.29, 1.82) is 0 Å². The third-order valence-electron chi connectivity index (χ3n) is 5.28. The van der Waals surface area contributed by atoms with Gasteiger partial charge in [0.2, 0.25) is 15.9 Å². The highest BCUT2D eigenvalue weighted by Crippen LogP contribution is 2.28. The van der Waals surface area contributed by atoms with E-state index in [1.807, 2.05) is 0 Å². The first-order valence-electron chi connectivity index (χ1n) is 9.49. The Kier molecular flexibility index (Phi) is 5.86. The molecule has 2 amide bonds. The van der Waals surface area contributed by atoms with Gasteiger partial charge in [-0.3, -0.25) is 14.5 Å². The summed E-state index contributed by atoms with van der Waals surface area (Å²) in [6, 6.07) is 6.49. The molecule has 1 aromatic carbocycles. The van der Waals surface area contributed by atoms with Crippen molar-refractivity contribution in [2.24, 2.45) is 5.92 Å². The van der Waals surface area contributed by atoms with Crippen LogP contribution in [0, 0.1) is 5.92 Å². The molecule has 2 aliphatic rings. The number of hydrogen-bond acceptors (Lipinski definition) is 5. The van der Waals surface area contributed by atoms with Crippen LogP contribution in [0.4, 0.5) is 5.69 Å². The number of amides is 2. The molecule has 148 valence electrons. The fraction of sp³-hybridized carbons (Fsp3) is 0.579. The van der Waals surface area contributed by atoms with Crippen LogP contribution in [0.3, 0.4) is 0 Å². The van der Waals surface area contributed by atoms with Gasteiger partial charge >= 0.3 is 0 Å². The molecule has 27 heavy (non-hydrogen) atoms. The van der Waals surface area contributed by atoms with E-state index in [0.717, 1.165) is 17.4 Å². The van der Waals surface area contributed by atoms with Crippen LogP contribution in [0.5, 0.6) is 0 Å². The number of nitrogens with zero attached hydrogens (tertiary/aromatic N) is 2. The zero-order valence-corrected chi connectivity index (χ0v) is 16.7. The molecule has 2 unspecified atom stereocenters. The predicted molar refractivity (Wildman–Crippen MR) is 104 cm³/mol. The lowest BCUT2D eigenvalue weighted by atomic mass is 10.1. The molecule has 2 saturated heterocycles. The van der Waals surface area contributed by atoms with Gasteiger partial charge < -0.3 is 5.32 Å². The van der Waals surface area contributed by atoms with Crippen molar-refractivity contribution >= 4 is 27.5 Å². The van der Waals surface area contributed by atoms with E-state index in [4.69, 9.17) is 0 Å². The standard InChI is InChI=1S/C19H27N3O4S/c1-14-13-27(25,26)22(19(14)24)17-8-6-7-16(11-17)18(23)20-12-15(2)21-9-4-3-5-10-21/h6-8,11,14-15H,3-5,9-10,12-13H2,1-2H3,(H,20,23). The summed E-state index contributed by atoms with van der Waals surface area (Å²) in [6.07, 6.45) is 3.65. The lowest BCUT2D eigenvalue weighted by Crippen LogP contribution is -2.44. The molecule has 0 aliphatic carbocycles. The van der Waals surface area contributed by atoms with Crippen molar-refractivity contribution in [3.05, 3.63) is 29.8 Å². The number of likely N-dealkylation sites (tertiary alicyclic amines) is 1. The Bertz CT molecular complexity index is 818. The summed E-state index contributed by atoms with van der Waals surface area (Å²) < 4.78 is 25.3. The van der Waals surface area contributed by atoms with Gasteiger partial charge in [0.05, 0.1) is 17.4 Å². The summed E-state index contributed by atoms with van der Waals surface area (Å²) in [4.78, 5) is 27.1. The van der Waals surface area contributed by atoms with E-state index in [1.165, 1.54) is 25.3 Å². The fourth-order valence-corrected chi connectivity index (χ4v) is 5.50. The lowest BCUT2D eigenvalue weighted by molar-refractivity contribution is -0.119. The van der Waals surface area contributed by atoms with Crippen LogP contribution in [-0.4, -0.2) is 56.6 Å². The van der Waals surface area contributed by atoms with Crippen LogP contribution >= 0.6 is 0 Å². The molecular weight excluding hydrogens is 366 g/mol. The minimum atomic E-state index is -3.68. The molecule has 0 bridgehead atoms. The summed E-state index contributed by atoms with van der Waals surface area (Å²) in [5, 5.41) is 2.92. The third kappa shape index (κ3) is 4.32. The molecule has 0 radical (unpaired) electrons. The van der Waals surface area contributed by atoms with Crippen molar-refractivity contribution < 1.29 is 18.0 Å². The Morgan fingerprint density at radius 1 is 1.26 bits per heavy atom. The number of rotatable bonds is 5. The molecule has 2 heterocycles. The second-order valence-corrected chi connectivity index (χ2v) is 9.35. The third-order valence-corrected chi connectivity index (χ3v) is 7.14. The van der Waals surface area contributed by atoms with E-state index in [2.05, 4.69) is 17.1 Å². The molecule has 0 spiro atoms. The number of benzene rings is 1. The zero-order chi connectivity index (χ0) is 19.6. The van der Waals surface area contributed by atoms with Crippen LogP contribution in [0.1, 0.15) is 43.5 Å². The summed E-state index contributed by atoms with van der Waals surface area (Å²) in [7, 11) is -3.68. The Morgan fingerprint density at radius 3 is 2.59 bits per heavy atom. The number of hydrogen-bond donors (Lipinski definition) is 1. The van der Waals surface area contributed by atoms with Crippen LogP contribution < -0.4 is 9.62 Å². The first kappa shape index (κ1) is 19.8. The lowest BCUT2D eigenvalue weighted by Gasteiger charge is -2.32. The average molecular weight is 394 g/mol. The second-order valence-electron chi connectivity index (χ2n) is 7.49. The number of anilines is 1. The zero-order valence-electron chi connectivity index (χ0n) is 15.8. The topological polar surface area (TPSA) is 86.8 Å². The highest BCUT2D eigenvalue weighted by atomic mass is 32.2. The van der Waals surface area contributed by atoms with Gasteiger partial charge in [0.1, 0.15) is 0 Å². The quantitative estimate of drug-likeness (QED) is 0.821. The maximum atomic E-state index is 12.5. The molecular formula is C19H27N3O4S. The van der Waals surface area contributed by atoms with Gasteiger partial charge in [-0.05, 0) is 51.1 Å². The van der Waals surface area contributed by atoms with Gasteiger partial charge in [0.25, 0.3) is 5.91 Å². The van der Waals surface area contributed by atoms with Gasteiger partial charge in [-0.2, -0.15) is 0 Å². The maximum absolute atomic E-state index is 12.5. The van der Waals surface area contributed by atoms with Crippen molar-refractivity contribution in [2.75, 3.05) is 29.7 Å². The van der Waals surface area contributed by atoms with Gasteiger partial charge in [-0.15, -0.1) is 0 Å². The summed E-state index contributed by atoms with van der Waals surface area (Å²) in [5.41, 5.74) is 0.571. The number of piperidine rings is 1. The van der Waals surface area contributed by atoms with Crippen molar-refractivity contribution in [3.63, 3.8) is 0 Å². The van der Waals surface area contributed by atoms with E-state index >= 15 is 0 Å². The monoisotopic (exact) mass is 393 g/mol. The number of nitrogens with one attached hydrogen (secondary N) is 1. The van der Waals surface area contributed by atoms with Gasteiger partial charge in [0.15, 0.2) is 0 Å². The summed E-state index contributed by atoms with van der Waals surface area (Å²) in [6.45, 7) is 6.33. The molecule has 2 atom stereocenters. The molecule has 2 fully saturated rings. The van der Waals surface area contributed by atoms with E-state index in [0.29, 0.717) is 12.1 Å². The summed E-state index contributed by atoms with van der Waals surface area (Å²) >= 11 is 0. The van der Waals surface area contributed by atoms with Crippen LogP contribution in [0.2, 0.25) is 0 Å². The van der Waals surface area contributed by atoms with Crippen molar-refractivity contribution in [3.8, 4) is 0 Å². The molecule has 1 N–H and O–H groups in total. The van der Waals surface area contributed by atoms with E-state index in [-0.39, 0.29) is 23.4 Å². The Balaban J connectivity index is 1.68. The normalized spacial score (nSPS) is 24.0. The Morgan fingerprint density at radius 2 is 1.96 bits per heavy atom. The molecule has 0 saturated carbocycles. The highest BCUT2D eigenvalue weighted by Gasteiger charge is 2.42. The molecule has 3 rings (SSSR count). The van der Waals surface area contributed by atoms with Crippen LogP contribution in [-0.2, 0) is 14.8 Å². The molecule has 8 heteroatoms. The smallest absolute Gasteiger partial charge is 0.251 e. The maximum Gasteiger partial charge on any atom is 0.251 e. The van der Waals surface area contributed by atoms with Crippen LogP contribution in [0.15, 0.2) is 24.3 Å². The van der Waals surface area contributed by atoms with E-state index in [1.54, 1.807) is 25.1 Å². The van der Waals surface area contributed by atoms with E-state index in [9.17, 15) is 18.0 Å². The molecule has 0 aromatic heterocycles. The number of carbonyl (C=O) groups is 2. The number of sulfonamides is 1.